The van der Waals surface area contributed by atoms with Gasteiger partial charge in [0.15, 0.2) is 11.5 Å². The number of rotatable bonds is 5. The second kappa shape index (κ2) is 8.40. The number of aliphatic imine (C=N–C) groups is 1. The molecule has 0 radical (unpaired) electrons. The van der Waals surface area contributed by atoms with E-state index in [1.807, 2.05) is 5.48 Å². The Labute approximate surface area is 176 Å². The molecule has 3 amide bonds. The van der Waals surface area contributed by atoms with Crippen molar-refractivity contribution in [1.29, 1.82) is 0 Å². The van der Waals surface area contributed by atoms with Gasteiger partial charge in [-0.05, 0) is 61.5 Å². The lowest BCUT2D eigenvalue weighted by atomic mass is 9.80. The highest BCUT2D eigenvalue weighted by Crippen LogP contribution is 2.32. The standard InChI is InChI=1S/C19H21FN6O5/c1-10-8-11(2-3-13(10)20)21-16(24-29)15-14(25-31-26-15)9-30-12-4-6-19(7-5-12)17(27)22-18(28)23-19/h2-3,8,12,29H,4-7,9H2,1H3,(H,21,24)(H2,22,23,27,28). The lowest BCUT2D eigenvalue weighted by molar-refractivity contribution is -0.126. The molecule has 4 N–H and O–H groups in total. The van der Waals surface area contributed by atoms with Gasteiger partial charge in [-0.25, -0.2) is 18.8 Å². The topological polar surface area (TPSA) is 151 Å². The maximum Gasteiger partial charge on any atom is 0.322 e. The molecule has 1 aromatic carbocycles. The lowest BCUT2D eigenvalue weighted by Crippen LogP contribution is -2.50. The Morgan fingerprint density at radius 2 is 2.16 bits per heavy atom. The van der Waals surface area contributed by atoms with Gasteiger partial charge in [0.2, 0.25) is 0 Å². The summed E-state index contributed by atoms with van der Waals surface area (Å²) in [5, 5.41) is 22.1. The summed E-state index contributed by atoms with van der Waals surface area (Å²) in [5.41, 5.74) is 2.38. The number of benzene rings is 1. The van der Waals surface area contributed by atoms with Crippen LogP contribution < -0.4 is 16.1 Å². The quantitative estimate of drug-likeness (QED) is 0.241. The smallest absolute Gasteiger partial charge is 0.322 e. The van der Waals surface area contributed by atoms with E-state index in [1.54, 1.807) is 6.92 Å². The molecule has 11 nitrogen and oxygen atoms in total. The average Bonchev–Trinajstić information content (AvgIpc) is 3.32. The largest absolute Gasteiger partial charge is 0.372 e. The Morgan fingerprint density at radius 1 is 1.39 bits per heavy atom. The van der Waals surface area contributed by atoms with E-state index in [0.717, 1.165) is 0 Å². The zero-order chi connectivity index (χ0) is 22.0. The number of carbonyl (C=O) groups is 2. The van der Waals surface area contributed by atoms with Crippen LogP contribution in [-0.2, 0) is 16.1 Å². The van der Waals surface area contributed by atoms with Crippen molar-refractivity contribution in [3.63, 3.8) is 0 Å². The molecule has 2 heterocycles. The minimum atomic E-state index is -0.856. The maximum absolute atomic E-state index is 13.5. The Kier molecular flexibility index (Phi) is 5.65. The fourth-order valence-corrected chi connectivity index (χ4v) is 3.77. The molecule has 4 rings (SSSR count). The van der Waals surface area contributed by atoms with Crippen LogP contribution in [-0.4, -0.2) is 44.9 Å². The van der Waals surface area contributed by atoms with Crippen LogP contribution in [0.1, 0.15) is 42.6 Å². The lowest BCUT2D eigenvalue weighted by Gasteiger charge is -2.34. The van der Waals surface area contributed by atoms with Crippen LogP contribution in [0.3, 0.4) is 0 Å². The number of aryl methyl sites for hydroxylation is 1. The summed E-state index contributed by atoms with van der Waals surface area (Å²) in [4.78, 5) is 27.7. The summed E-state index contributed by atoms with van der Waals surface area (Å²) in [6, 6.07) is 3.78. The highest BCUT2D eigenvalue weighted by molar-refractivity contribution is 6.07. The normalized spacial score (nSPS) is 23.7. The molecule has 1 aliphatic heterocycles. The second-order valence-electron chi connectivity index (χ2n) is 7.57. The van der Waals surface area contributed by atoms with Gasteiger partial charge in [0, 0.05) is 0 Å². The highest BCUT2D eigenvalue weighted by atomic mass is 19.1. The predicted molar refractivity (Wildman–Crippen MR) is 103 cm³/mol. The van der Waals surface area contributed by atoms with Gasteiger partial charge >= 0.3 is 6.03 Å². The van der Waals surface area contributed by atoms with Crippen molar-refractivity contribution in [3.05, 3.63) is 41.0 Å². The summed E-state index contributed by atoms with van der Waals surface area (Å²) >= 11 is 0. The third kappa shape index (κ3) is 4.25. The van der Waals surface area contributed by atoms with Crippen LogP contribution in [0.2, 0.25) is 0 Å². The highest BCUT2D eigenvalue weighted by Gasteiger charge is 2.48. The van der Waals surface area contributed by atoms with E-state index in [2.05, 4.69) is 25.9 Å². The van der Waals surface area contributed by atoms with Gasteiger partial charge in [-0.2, -0.15) is 0 Å². The number of amidine groups is 1. The fourth-order valence-electron chi connectivity index (χ4n) is 3.77. The molecule has 12 heteroatoms. The number of carbonyl (C=O) groups excluding carboxylic acids is 2. The van der Waals surface area contributed by atoms with Crippen molar-refractivity contribution in [1.82, 2.24) is 26.4 Å². The number of amides is 3. The molecule has 1 saturated heterocycles. The molecule has 1 spiro atoms. The number of hydroxylamine groups is 1. The Balaban J connectivity index is 1.40. The SMILES string of the molecule is Cc1cc(N=C(NO)c2nonc2COC2CCC3(CC2)NC(=O)NC3=O)ccc1F. The number of ether oxygens (including phenoxy) is 1. The zero-order valence-corrected chi connectivity index (χ0v) is 16.6. The van der Waals surface area contributed by atoms with Gasteiger partial charge in [0.05, 0.1) is 18.4 Å². The number of halogens is 1. The molecule has 0 bridgehead atoms. The van der Waals surface area contributed by atoms with Crippen molar-refractivity contribution in [2.45, 2.75) is 50.9 Å². The Bertz CT molecular complexity index is 1030. The van der Waals surface area contributed by atoms with Gasteiger partial charge in [-0.15, -0.1) is 0 Å². The maximum atomic E-state index is 13.5. The third-order valence-corrected chi connectivity index (χ3v) is 5.53. The molecular weight excluding hydrogens is 411 g/mol. The molecule has 164 valence electrons. The van der Waals surface area contributed by atoms with Gasteiger partial charge in [-0.3, -0.25) is 20.8 Å². The number of aromatic nitrogens is 2. The number of hydrogen-bond donors (Lipinski definition) is 4. The number of hydrogen-bond acceptors (Lipinski definition) is 8. The molecular formula is C19H21FN6O5. The molecule has 0 atom stereocenters. The van der Waals surface area contributed by atoms with E-state index in [-0.39, 0.29) is 36.0 Å². The van der Waals surface area contributed by atoms with Crippen molar-refractivity contribution in [2.75, 3.05) is 0 Å². The molecule has 2 aromatic rings. The van der Waals surface area contributed by atoms with E-state index in [9.17, 15) is 19.2 Å². The second-order valence-corrected chi connectivity index (χ2v) is 7.57. The van der Waals surface area contributed by atoms with E-state index in [1.165, 1.54) is 18.2 Å². The van der Waals surface area contributed by atoms with E-state index in [4.69, 9.17) is 9.37 Å². The fraction of sp³-hybridized carbons (Fsp3) is 0.421. The first-order valence-electron chi connectivity index (χ1n) is 9.72. The van der Waals surface area contributed by atoms with Crippen LogP contribution in [0, 0.1) is 12.7 Å². The zero-order valence-electron chi connectivity index (χ0n) is 16.6. The molecule has 1 saturated carbocycles. The van der Waals surface area contributed by atoms with Crippen LogP contribution >= 0.6 is 0 Å². The van der Waals surface area contributed by atoms with Gasteiger partial charge in [0.25, 0.3) is 5.91 Å². The Morgan fingerprint density at radius 3 is 2.81 bits per heavy atom. The minimum Gasteiger partial charge on any atom is -0.372 e. The first-order chi connectivity index (χ1) is 14.9. The van der Waals surface area contributed by atoms with Crippen LogP contribution in [0.15, 0.2) is 27.8 Å². The molecule has 1 aliphatic carbocycles. The van der Waals surface area contributed by atoms with Gasteiger partial charge in [0.1, 0.15) is 17.1 Å². The minimum absolute atomic E-state index is 0.0289. The van der Waals surface area contributed by atoms with Gasteiger partial charge in [-0.1, -0.05) is 5.16 Å². The number of imide groups is 1. The Hall–Kier alpha value is -3.38. The predicted octanol–water partition coefficient (Wildman–Crippen LogP) is 1.61. The first-order valence-corrected chi connectivity index (χ1v) is 9.72. The van der Waals surface area contributed by atoms with Crippen molar-refractivity contribution in [3.8, 4) is 0 Å². The van der Waals surface area contributed by atoms with E-state index in [0.29, 0.717) is 42.6 Å². The van der Waals surface area contributed by atoms with Gasteiger partial charge < -0.3 is 10.1 Å². The summed E-state index contributed by atoms with van der Waals surface area (Å²) in [6.45, 7) is 1.64. The molecule has 31 heavy (non-hydrogen) atoms. The average molecular weight is 432 g/mol. The van der Waals surface area contributed by atoms with Crippen molar-refractivity contribution < 1.29 is 28.6 Å². The number of nitrogens with zero attached hydrogens (tertiary/aromatic N) is 3. The molecule has 2 fully saturated rings. The summed E-state index contributed by atoms with van der Waals surface area (Å²) in [7, 11) is 0. The van der Waals surface area contributed by atoms with Crippen molar-refractivity contribution >= 4 is 23.5 Å². The summed E-state index contributed by atoms with van der Waals surface area (Å²) in [5.74, 6) is -0.692. The van der Waals surface area contributed by atoms with E-state index < -0.39 is 11.6 Å². The number of urea groups is 1. The third-order valence-electron chi connectivity index (χ3n) is 5.53. The van der Waals surface area contributed by atoms with Crippen LogP contribution in [0.4, 0.5) is 14.9 Å². The summed E-state index contributed by atoms with van der Waals surface area (Å²) in [6.07, 6.45) is 1.93. The first kappa shape index (κ1) is 20.9. The number of nitrogens with one attached hydrogen (secondary N) is 3. The monoisotopic (exact) mass is 432 g/mol. The van der Waals surface area contributed by atoms with E-state index >= 15 is 0 Å². The van der Waals surface area contributed by atoms with Crippen molar-refractivity contribution in [2.24, 2.45) is 4.99 Å². The van der Waals surface area contributed by atoms with Crippen LogP contribution in [0.25, 0.3) is 0 Å². The van der Waals surface area contributed by atoms with Crippen LogP contribution in [0.5, 0.6) is 0 Å². The molecule has 1 aromatic heterocycles. The summed E-state index contributed by atoms with van der Waals surface area (Å²) < 4.78 is 24.1. The molecule has 2 aliphatic rings. The molecule has 0 unspecified atom stereocenters.